The Hall–Kier alpha value is -4.92. The van der Waals surface area contributed by atoms with Gasteiger partial charge in [-0.25, -0.2) is 0 Å². The zero-order chi connectivity index (χ0) is 23.4. The number of ether oxygens (including phenoxy) is 1. The van der Waals surface area contributed by atoms with Gasteiger partial charge in [0.2, 0.25) is 5.75 Å². The monoisotopic (exact) mass is 441 g/mol. The maximum absolute atomic E-state index is 12.1. The van der Waals surface area contributed by atoms with Crippen LogP contribution in [0.15, 0.2) is 79.0 Å². The molecule has 0 spiro atoms. The van der Waals surface area contributed by atoms with E-state index in [1.807, 2.05) is 30.3 Å². The number of hydrogen-bond donors (Lipinski definition) is 0. The molecule has 0 saturated carbocycles. The molecule has 3 aromatic carbocycles. The Labute approximate surface area is 186 Å². The second-order valence-electron chi connectivity index (χ2n) is 6.91. The quantitative estimate of drug-likeness (QED) is 0.120. The van der Waals surface area contributed by atoms with Gasteiger partial charge in [-0.15, -0.1) is 0 Å². The Bertz CT molecular complexity index is 1420. The van der Waals surface area contributed by atoms with E-state index in [2.05, 4.69) is 4.98 Å². The summed E-state index contributed by atoms with van der Waals surface area (Å²) in [5.41, 5.74) is 1.04. The number of carbonyl (C=O) groups is 1. The summed E-state index contributed by atoms with van der Waals surface area (Å²) in [5.74, 6) is -0.0261. The van der Waals surface area contributed by atoms with E-state index in [-0.39, 0.29) is 17.1 Å². The number of nitro benzene ring substituents is 2. The van der Waals surface area contributed by atoms with Crippen molar-refractivity contribution in [3.63, 3.8) is 0 Å². The number of pyridine rings is 1. The van der Waals surface area contributed by atoms with Crippen LogP contribution in [0.1, 0.15) is 11.1 Å². The molecule has 0 atom stereocenters. The van der Waals surface area contributed by atoms with E-state index < -0.39 is 21.2 Å². The molecule has 4 aromatic rings. The highest BCUT2D eigenvalue weighted by atomic mass is 16.6. The lowest BCUT2D eigenvalue weighted by Crippen LogP contribution is -1.99. The van der Waals surface area contributed by atoms with E-state index in [0.717, 1.165) is 23.8 Å². The molecule has 0 aliphatic rings. The van der Waals surface area contributed by atoms with Gasteiger partial charge in [-0.1, -0.05) is 36.4 Å². The number of non-ortho nitro benzene ring substituents is 1. The van der Waals surface area contributed by atoms with E-state index in [1.165, 1.54) is 0 Å². The van der Waals surface area contributed by atoms with Gasteiger partial charge in [0.25, 0.3) is 5.69 Å². The first-order chi connectivity index (χ1) is 16.0. The van der Waals surface area contributed by atoms with Crippen LogP contribution in [0.25, 0.3) is 22.6 Å². The molecule has 0 fully saturated rings. The number of nitro groups is 2. The fraction of sp³-hybridized carbons (Fsp3) is 0. The Morgan fingerprint density at radius 2 is 1.64 bits per heavy atom. The summed E-state index contributed by atoms with van der Waals surface area (Å²) in [6, 6.07) is 19.0. The third-order valence-corrected chi connectivity index (χ3v) is 4.85. The molecule has 9 nitrogen and oxygen atoms in total. The standard InChI is InChI=1S/C24H15N3O6/c28-15-17(13-16-5-2-1-3-6-16)24-19-7-4-12-25-20(19)9-11-23(24)33-22-10-8-18(26(29)30)14-21(22)27(31)32/h1-15H. The fourth-order valence-corrected chi connectivity index (χ4v) is 3.38. The Kier molecular flexibility index (Phi) is 5.85. The lowest BCUT2D eigenvalue weighted by molar-refractivity contribution is -0.394. The maximum atomic E-state index is 12.1. The molecule has 1 heterocycles. The van der Waals surface area contributed by atoms with Crippen LogP contribution >= 0.6 is 0 Å². The van der Waals surface area contributed by atoms with Gasteiger partial charge in [-0.3, -0.25) is 30.0 Å². The summed E-state index contributed by atoms with van der Waals surface area (Å²) in [5, 5.41) is 23.2. The van der Waals surface area contributed by atoms with Gasteiger partial charge in [0.15, 0.2) is 6.29 Å². The summed E-state index contributed by atoms with van der Waals surface area (Å²) in [6.07, 6.45) is 3.95. The molecular weight excluding hydrogens is 426 g/mol. The number of allylic oxidation sites excluding steroid dienone is 1. The second kappa shape index (κ2) is 9.06. The summed E-state index contributed by atoms with van der Waals surface area (Å²) >= 11 is 0. The van der Waals surface area contributed by atoms with Crippen molar-refractivity contribution in [2.45, 2.75) is 0 Å². The molecule has 33 heavy (non-hydrogen) atoms. The van der Waals surface area contributed by atoms with Crippen molar-refractivity contribution in [3.8, 4) is 11.5 Å². The van der Waals surface area contributed by atoms with Crippen molar-refractivity contribution in [3.05, 3.63) is 110 Å². The molecule has 9 heteroatoms. The largest absolute Gasteiger partial charge is 0.449 e. The molecule has 1 aromatic heterocycles. The molecule has 0 radical (unpaired) electrons. The minimum absolute atomic E-state index is 0.168. The average molecular weight is 441 g/mol. The molecule has 0 N–H and O–H groups in total. The van der Waals surface area contributed by atoms with Gasteiger partial charge in [-0.2, -0.15) is 0 Å². The lowest BCUT2D eigenvalue weighted by atomic mass is 9.98. The van der Waals surface area contributed by atoms with Crippen molar-refractivity contribution in [1.82, 2.24) is 4.98 Å². The second-order valence-corrected chi connectivity index (χ2v) is 6.91. The average Bonchev–Trinajstić information content (AvgIpc) is 2.83. The van der Waals surface area contributed by atoms with Crippen molar-refractivity contribution < 1.29 is 19.4 Å². The minimum atomic E-state index is -0.759. The minimum Gasteiger partial charge on any atom is -0.449 e. The van der Waals surface area contributed by atoms with Crippen molar-refractivity contribution >= 4 is 40.2 Å². The van der Waals surface area contributed by atoms with E-state index in [4.69, 9.17) is 4.74 Å². The van der Waals surface area contributed by atoms with Crippen molar-refractivity contribution in [1.29, 1.82) is 0 Å². The van der Waals surface area contributed by atoms with Crippen molar-refractivity contribution in [2.24, 2.45) is 0 Å². The summed E-state index contributed by atoms with van der Waals surface area (Å²) < 4.78 is 5.87. The Balaban J connectivity index is 1.91. The molecule has 162 valence electrons. The maximum Gasteiger partial charge on any atom is 0.318 e. The van der Waals surface area contributed by atoms with Crippen LogP contribution in [0.5, 0.6) is 11.5 Å². The molecule has 0 amide bonds. The van der Waals surface area contributed by atoms with Gasteiger partial charge in [-0.05, 0) is 35.9 Å². The van der Waals surface area contributed by atoms with E-state index in [9.17, 15) is 25.0 Å². The Morgan fingerprint density at radius 1 is 0.879 bits per heavy atom. The number of aromatic nitrogens is 1. The molecule has 4 rings (SSSR count). The molecule has 0 saturated heterocycles. The van der Waals surface area contributed by atoms with Crippen LogP contribution in [0, 0.1) is 20.2 Å². The smallest absolute Gasteiger partial charge is 0.318 e. The fourth-order valence-electron chi connectivity index (χ4n) is 3.38. The highest BCUT2D eigenvalue weighted by Gasteiger charge is 2.23. The van der Waals surface area contributed by atoms with Gasteiger partial charge in [0.1, 0.15) is 5.75 Å². The Morgan fingerprint density at radius 3 is 2.33 bits per heavy atom. The first kappa shape index (κ1) is 21.3. The summed E-state index contributed by atoms with van der Waals surface area (Å²) in [4.78, 5) is 37.5. The molecule has 0 unspecified atom stereocenters. The zero-order valence-corrected chi connectivity index (χ0v) is 17.0. The van der Waals surface area contributed by atoms with Crippen LogP contribution < -0.4 is 4.74 Å². The molecule has 0 aliphatic carbocycles. The summed E-state index contributed by atoms with van der Waals surface area (Å²) in [7, 11) is 0. The number of fused-ring (bicyclic) bond motifs is 1. The predicted octanol–water partition coefficient (Wildman–Crippen LogP) is 5.58. The van der Waals surface area contributed by atoms with Gasteiger partial charge in [0, 0.05) is 28.8 Å². The number of nitrogens with zero attached hydrogens (tertiary/aromatic N) is 3. The van der Waals surface area contributed by atoms with E-state index in [0.29, 0.717) is 22.8 Å². The first-order valence-corrected chi connectivity index (χ1v) is 9.68. The molecule has 0 aliphatic heterocycles. The lowest BCUT2D eigenvalue weighted by Gasteiger charge is -2.14. The highest BCUT2D eigenvalue weighted by Crippen LogP contribution is 2.39. The molecular formula is C24H15N3O6. The van der Waals surface area contributed by atoms with E-state index in [1.54, 1.807) is 36.5 Å². The normalized spacial score (nSPS) is 11.2. The van der Waals surface area contributed by atoms with Crippen LogP contribution in [-0.2, 0) is 4.79 Å². The zero-order valence-electron chi connectivity index (χ0n) is 17.0. The number of aldehydes is 1. The SMILES string of the molecule is O=CC(=Cc1ccccc1)c1c(Oc2ccc([N+](=O)[O-])cc2[N+](=O)[O-])ccc2ncccc12. The third kappa shape index (κ3) is 4.42. The number of carbonyl (C=O) groups excluding carboxylic acids is 1. The van der Waals surface area contributed by atoms with Crippen molar-refractivity contribution in [2.75, 3.05) is 0 Å². The third-order valence-electron chi connectivity index (χ3n) is 4.85. The van der Waals surface area contributed by atoms with Crippen LogP contribution in [-0.4, -0.2) is 21.1 Å². The number of rotatable bonds is 7. The van der Waals surface area contributed by atoms with Gasteiger partial charge < -0.3 is 4.74 Å². The first-order valence-electron chi connectivity index (χ1n) is 9.68. The van der Waals surface area contributed by atoms with Gasteiger partial charge in [0.05, 0.1) is 21.4 Å². The highest BCUT2D eigenvalue weighted by molar-refractivity contribution is 6.18. The summed E-state index contributed by atoms with van der Waals surface area (Å²) in [6.45, 7) is 0. The number of hydrogen-bond acceptors (Lipinski definition) is 7. The predicted molar refractivity (Wildman–Crippen MR) is 122 cm³/mol. The topological polar surface area (TPSA) is 125 Å². The van der Waals surface area contributed by atoms with Crippen LogP contribution in [0.2, 0.25) is 0 Å². The van der Waals surface area contributed by atoms with Crippen LogP contribution in [0.3, 0.4) is 0 Å². The van der Waals surface area contributed by atoms with Gasteiger partial charge >= 0.3 is 5.69 Å². The molecule has 0 bridgehead atoms. The van der Waals surface area contributed by atoms with Crippen LogP contribution in [0.4, 0.5) is 11.4 Å². The number of benzene rings is 3. The van der Waals surface area contributed by atoms with E-state index >= 15 is 0 Å².